The zero-order valence-corrected chi connectivity index (χ0v) is 23.8. The molecule has 1 amide bonds. The number of amides is 1. The SMILES string of the molecule is CC[C@H]1c2ccc(C(=O)NC(CO)c3ccc(S(=O)(=O)CC)cn3)cc2CCN1CC1CCC(C(F)(F)F)CC1. The van der Waals surface area contributed by atoms with Gasteiger partial charge in [-0.15, -0.1) is 0 Å². The molecule has 2 atom stereocenters. The standard InChI is InChI=1S/C29H38F3N3O4S/c1-3-27-24-11-7-21(28(37)34-26(18-36)25-12-10-23(16-33-25)40(38,39)4-2)15-20(24)13-14-35(27)17-19-5-8-22(9-6-19)29(30,31)32/h7,10-12,15-16,19,22,26-27,36H,3-6,8-9,13-14,17-18H2,1-2H3,(H,34,37)/t19?,22?,26?,27-/m0/s1. The second-order valence-corrected chi connectivity index (χ2v) is 13.2. The summed E-state index contributed by atoms with van der Waals surface area (Å²) in [5.74, 6) is -1.33. The second kappa shape index (κ2) is 12.6. The summed E-state index contributed by atoms with van der Waals surface area (Å²) in [6.45, 7) is 4.82. The van der Waals surface area contributed by atoms with E-state index < -0.39 is 34.6 Å². The Hall–Kier alpha value is -2.50. The number of aromatic nitrogens is 1. The summed E-state index contributed by atoms with van der Waals surface area (Å²) >= 11 is 0. The number of halogens is 3. The maximum Gasteiger partial charge on any atom is 0.391 e. The summed E-state index contributed by atoms with van der Waals surface area (Å²) in [7, 11) is -3.41. The van der Waals surface area contributed by atoms with Crippen LogP contribution in [0.5, 0.6) is 0 Å². The quantitative estimate of drug-likeness (QED) is 0.432. The average Bonchev–Trinajstić information content (AvgIpc) is 2.95. The van der Waals surface area contributed by atoms with Crippen LogP contribution >= 0.6 is 0 Å². The highest BCUT2D eigenvalue weighted by molar-refractivity contribution is 7.91. The van der Waals surface area contributed by atoms with Gasteiger partial charge in [-0.2, -0.15) is 13.2 Å². The molecule has 40 heavy (non-hydrogen) atoms. The number of nitrogens with one attached hydrogen (secondary N) is 1. The smallest absolute Gasteiger partial charge is 0.391 e. The first kappa shape index (κ1) is 30.5. The highest BCUT2D eigenvalue weighted by Gasteiger charge is 2.42. The Bertz CT molecular complexity index is 1280. The van der Waals surface area contributed by atoms with Crippen molar-refractivity contribution in [2.75, 3.05) is 25.4 Å². The van der Waals surface area contributed by atoms with Crippen molar-refractivity contribution in [3.05, 3.63) is 58.9 Å². The molecule has 220 valence electrons. The Morgan fingerprint density at radius 2 is 1.88 bits per heavy atom. The number of carbonyl (C=O) groups is 1. The fourth-order valence-electron chi connectivity index (χ4n) is 6.01. The number of sulfone groups is 1. The van der Waals surface area contributed by atoms with E-state index >= 15 is 0 Å². The molecule has 7 nitrogen and oxygen atoms in total. The van der Waals surface area contributed by atoms with Crippen molar-refractivity contribution in [3.8, 4) is 0 Å². The Morgan fingerprint density at radius 3 is 2.45 bits per heavy atom. The fourth-order valence-corrected chi connectivity index (χ4v) is 6.83. The van der Waals surface area contributed by atoms with Gasteiger partial charge in [0, 0.05) is 30.9 Å². The van der Waals surface area contributed by atoms with Gasteiger partial charge in [0.2, 0.25) is 0 Å². The van der Waals surface area contributed by atoms with Crippen molar-refractivity contribution in [2.24, 2.45) is 11.8 Å². The van der Waals surface area contributed by atoms with Crippen LogP contribution < -0.4 is 5.32 Å². The van der Waals surface area contributed by atoms with E-state index in [1.165, 1.54) is 18.3 Å². The zero-order chi connectivity index (χ0) is 29.1. The first-order valence-corrected chi connectivity index (χ1v) is 15.7. The van der Waals surface area contributed by atoms with Crippen LogP contribution in [0.3, 0.4) is 0 Å². The normalized spacial score (nSPS) is 22.9. The van der Waals surface area contributed by atoms with E-state index in [1.807, 2.05) is 12.1 Å². The van der Waals surface area contributed by atoms with E-state index in [0.29, 0.717) is 24.1 Å². The number of aliphatic hydroxyl groups excluding tert-OH is 1. The van der Waals surface area contributed by atoms with Crippen LogP contribution in [0.15, 0.2) is 41.4 Å². The van der Waals surface area contributed by atoms with Crippen molar-refractivity contribution >= 4 is 15.7 Å². The minimum atomic E-state index is -4.10. The predicted octanol–water partition coefficient (Wildman–Crippen LogP) is 5.02. The molecule has 2 aliphatic rings. The predicted molar refractivity (Wildman–Crippen MR) is 146 cm³/mol. The minimum absolute atomic E-state index is 0.0495. The number of aliphatic hydroxyl groups is 1. The van der Waals surface area contributed by atoms with Gasteiger partial charge in [0.15, 0.2) is 9.84 Å². The van der Waals surface area contributed by atoms with Gasteiger partial charge in [0.25, 0.3) is 5.91 Å². The molecule has 1 aromatic carbocycles. The van der Waals surface area contributed by atoms with E-state index in [4.69, 9.17) is 0 Å². The van der Waals surface area contributed by atoms with Gasteiger partial charge in [-0.3, -0.25) is 14.7 Å². The van der Waals surface area contributed by atoms with Gasteiger partial charge in [-0.05, 0) is 79.8 Å². The van der Waals surface area contributed by atoms with Crippen LogP contribution in [0.1, 0.15) is 85.2 Å². The molecule has 1 fully saturated rings. The van der Waals surface area contributed by atoms with Crippen molar-refractivity contribution in [2.45, 2.75) is 75.5 Å². The lowest BCUT2D eigenvalue weighted by molar-refractivity contribution is -0.184. The minimum Gasteiger partial charge on any atom is -0.394 e. The molecule has 0 radical (unpaired) electrons. The van der Waals surface area contributed by atoms with Crippen molar-refractivity contribution in [3.63, 3.8) is 0 Å². The average molecular weight is 582 g/mol. The van der Waals surface area contributed by atoms with Gasteiger partial charge < -0.3 is 10.4 Å². The zero-order valence-electron chi connectivity index (χ0n) is 23.0. The second-order valence-electron chi connectivity index (χ2n) is 10.9. The number of fused-ring (bicyclic) bond motifs is 1. The molecule has 11 heteroatoms. The molecule has 1 unspecified atom stereocenters. The van der Waals surface area contributed by atoms with Crippen molar-refractivity contribution in [1.29, 1.82) is 0 Å². The molecule has 1 aromatic heterocycles. The van der Waals surface area contributed by atoms with Crippen LogP contribution in [0.4, 0.5) is 13.2 Å². The molecule has 2 heterocycles. The summed E-state index contributed by atoms with van der Waals surface area (Å²) < 4.78 is 63.3. The lowest BCUT2D eigenvalue weighted by Gasteiger charge is -2.40. The Labute approximate surface area is 234 Å². The molecule has 2 aromatic rings. The lowest BCUT2D eigenvalue weighted by atomic mass is 9.80. The van der Waals surface area contributed by atoms with E-state index in [-0.39, 0.29) is 41.4 Å². The van der Waals surface area contributed by atoms with Gasteiger partial charge in [-0.25, -0.2) is 8.42 Å². The third kappa shape index (κ3) is 6.86. The number of alkyl halides is 3. The Kier molecular flexibility index (Phi) is 9.57. The van der Waals surface area contributed by atoms with Crippen LogP contribution in [-0.2, 0) is 16.3 Å². The molecule has 1 saturated carbocycles. The molecular formula is C29H38F3N3O4S. The monoisotopic (exact) mass is 581 g/mol. The number of hydrogen-bond acceptors (Lipinski definition) is 6. The summed E-state index contributed by atoms with van der Waals surface area (Å²) in [4.78, 5) is 19.7. The highest BCUT2D eigenvalue weighted by Crippen LogP contribution is 2.41. The Morgan fingerprint density at radius 1 is 1.15 bits per heavy atom. The number of rotatable bonds is 9. The van der Waals surface area contributed by atoms with E-state index in [1.54, 1.807) is 13.0 Å². The van der Waals surface area contributed by atoms with Gasteiger partial charge in [-0.1, -0.05) is 19.9 Å². The number of hydrogen-bond donors (Lipinski definition) is 2. The topological polar surface area (TPSA) is 99.6 Å². The van der Waals surface area contributed by atoms with Crippen molar-refractivity contribution in [1.82, 2.24) is 15.2 Å². The molecule has 1 aliphatic heterocycles. The lowest BCUT2D eigenvalue weighted by Crippen LogP contribution is -2.40. The molecule has 1 aliphatic carbocycles. The molecule has 0 saturated heterocycles. The first-order chi connectivity index (χ1) is 19.0. The van der Waals surface area contributed by atoms with Gasteiger partial charge in [0.05, 0.1) is 34.9 Å². The third-order valence-corrected chi connectivity index (χ3v) is 10.1. The van der Waals surface area contributed by atoms with Crippen LogP contribution in [0.25, 0.3) is 0 Å². The maximum atomic E-state index is 13.1. The van der Waals surface area contributed by atoms with E-state index in [9.17, 15) is 31.5 Å². The van der Waals surface area contributed by atoms with Crippen molar-refractivity contribution < 1.29 is 31.5 Å². The van der Waals surface area contributed by atoms with Crippen LogP contribution in [0, 0.1) is 11.8 Å². The summed E-state index contributed by atoms with van der Waals surface area (Å²) in [5.41, 5.74) is 3.03. The summed E-state index contributed by atoms with van der Waals surface area (Å²) in [6, 6.07) is 7.86. The molecule has 2 N–H and O–H groups in total. The number of nitrogens with zero attached hydrogens (tertiary/aromatic N) is 2. The molecular weight excluding hydrogens is 543 g/mol. The third-order valence-electron chi connectivity index (χ3n) is 8.41. The van der Waals surface area contributed by atoms with Crippen LogP contribution in [-0.4, -0.2) is 60.9 Å². The number of benzene rings is 1. The summed E-state index contributed by atoms with van der Waals surface area (Å²) in [6.07, 6.45) is 0.353. The highest BCUT2D eigenvalue weighted by atomic mass is 32.2. The fraction of sp³-hybridized carbons (Fsp3) is 0.586. The van der Waals surface area contributed by atoms with Gasteiger partial charge in [0.1, 0.15) is 0 Å². The van der Waals surface area contributed by atoms with Crippen LogP contribution in [0.2, 0.25) is 0 Å². The number of carbonyl (C=O) groups excluding carboxylic acids is 1. The summed E-state index contributed by atoms with van der Waals surface area (Å²) in [5, 5.41) is 12.7. The van der Waals surface area contributed by atoms with E-state index in [0.717, 1.165) is 37.1 Å². The molecule has 0 spiro atoms. The Balaban J connectivity index is 1.41. The largest absolute Gasteiger partial charge is 0.394 e. The van der Waals surface area contributed by atoms with E-state index in [2.05, 4.69) is 22.1 Å². The van der Waals surface area contributed by atoms with Gasteiger partial charge >= 0.3 is 6.18 Å². The maximum absolute atomic E-state index is 13.1. The molecule has 0 bridgehead atoms. The molecule has 4 rings (SSSR count). The number of pyridine rings is 1. The first-order valence-electron chi connectivity index (χ1n) is 14.0.